The first-order valence-corrected chi connectivity index (χ1v) is 26.0. The van der Waals surface area contributed by atoms with Gasteiger partial charge in [0.25, 0.3) is 9.28 Å². The smallest absolute Gasteiger partial charge is 0.462 e. The minimum absolute atomic E-state index is 0.327. The van der Waals surface area contributed by atoms with Crippen LogP contribution in [0.4, 0.5) is 13.2 Å². The van der Waals surface area contributed by atoms with E-state index in [2.05, 4.69) is 59.0 Å². The molecule has 42 heavy (non-hydrogen) atoms. The Bertz CT molecular complexity index is 1000. The van der Waals surface area contributed by atoms with Crippen molar-refractivity contribution in [2.45, 2.75) is 103 Å². The van der Waals surface area contributed by atoms with Crippen LogP contribution in [-0.2, 0) is 41.5 Å². The van der Waals surface area contributed by atoms with Crippen molar-refractivity contribution in [3.63, 3.8) is 0 Å². The highest BCUT2D eigenvalue weighted by molar-refractivity contribution is 7.86. The van der Waals surface area contributed by atoms with E-state index in [4.69, 9.17) is 34.8 Å². The quantitative estimate of drug-likeness (QED) is 0.0441. The molecule has 1 atom stereocenters. The molecule has 1 unspecified atom stereocenters. The molecule has 248 valence electrons. The summed E-state index contributed by atoms with van der Waals surface area (Å²) >= 11 is 0. The van der Waals surface area contributed by atoms with Gasteiger partial charge in [-0.1, -0.05) is 26.0 Å². The van der Waals surface area contributed by atoms with Crippen molar-refractivity contribution in [2.75, 3.05) is 13.2 Å². The molecular weight excluding hydrogens is 650 g/mol. The molecule has 0 fully saturated rings. The van der Waals surface area contributed by atoms with Gasteiger partial charge >= 0.3 is 36.1 Å². The second-order valence-corrected chi connectivity index (χ2v) is 27.6. The number of carbonyl (C=O) groups is 2. The van der Waals surface area contributed by atoms with E-state index in [0.717, 1.165) is 37.8 Å². The van der Waals surface area contributed by atoms with Gasteiger partial charge in [0, 0.05) is 11.1 Å². The van der Waals surface area contributed by atoms with Gasteiger partial charge in [0.2, 0.25) is 0 Å². The zero-order valence-corrected chi connectivity index (χ0v) is 31.3. The molecule has 10 nitrogen and oxygen atoms in total. The monoisotopic (exact) mass is 698 g/mol. The Balaban J connectivity index is 0. The van der Waals surface area contributed by atoms with Crippen LogP contribution < -0.4 is 0 Å². The number of carbonyl (C=O) groups excluding carboxylic acids is 2. The Labute approximate surface area is 254 Å². The number of halogens is 3. The Morgan fingerprint density at radius 1 is 0.786 bits per heavy atom. The molecule has 0 rings (SSSR count). The zero-order chi connectivity index (χ0) is 33.6. The van der Waals surface area contributed by atoms with Gasteiger partial charge in [-0.05, 0) is 84.6 Å². The Hall–Kier alpha value is -1.13. The molecular formula is C24H49F3O10SSi4. The van der Waals surface area contributed by atoms with Crippen molar-refractivity contribution in [3.8, 4) is 0 Å². The minimum atomic E-state index is -5.84. The predicted molar refractivity (Wildman–Crippen MR) is 166 cm³/mol. The van der Waals surface area contributed by atoms with E-state index in [1.54, 1.807) is 13.8 Å². The van der Waals surface area contributed by atoms with E-state index in [0.29, 0.717) is 24.4 Å². The van der Waals surface area contributed by atoms with E-state index in [-0.39, 0.29) is 11.9 Å². The maximum atomic E-state index is 11.5. The maximum absolute atomic E-state index is 11.5. The van der Waals surface area contributed by atoms with Gasteiger partial charge in [-0.15, -0.1) is 0 Å². The van der Waals surface area contributed by atoms with Crippen molar-refractivity contribution < 1.29 is 57.6 Å². The Kier molecular flexibility index (Phi) is 19.1. The summed E-state index contributed by atoms with van der Waals surface area (Å²) < 4.78 is 87.3. The number of hydrogen-bond donors (Lipinski definition) is 1. The molecule has 0 amide bonds. The molecule has 0 aliphatic rings. The molecule has 0 bridgehead atoms. The first-order chi connectivity index (χ1) is 18.7. The van der Waals surface area contributed by atoms with Crippen molar-refractivity contribution in [2.24, 2.45) is 0 Å². The molecule has 0 radical (unpaired) electrons. The Morgan fingerprint density at radius 3 is 1.48 bits per heavy atom. The highest BCUT2D eigenvalue weighted by atomic mass is 32.2. The molecule has 18 heteroatoms. The van der Waals surface area contributed by atoms with Crippen LogP contribution in [0.3, 0.4) is 0 Å². The second kappa shape index (κ2) is 18.6. The summed E-state index contributed by atoms with van der Waals surface area (Å²) in [5.41, 5.74) is -4.68. The largest absolute Gasteiger partial charge is 0.522 e. The van der Waals surface area contributed by atoms with Gasteiger partial charge in [-0.2, -0.15) is 21.6 Å². The SMILES string of the molecule is C=C(C)C(=O)OCCCC[Si](C)(C)O[SiH](C)O[Si](C)(C)O[Si](C)(C)CCCCOC(=O)C(=C)C.O=S(=O)(O)C(F)(F)F. The number of alkyl halides is 3. The van der Waals surface area contributed by atoms with Crippen LogP contribution in [0.15, 0.2) is 24.3 Å². The zero-order valence-electron chi connectivity index (χ0n) is 26.3. The van der Waals surface area contributed by atoms with Gasteiger partial charge in [0.1, 0.15) is 0 Å². The summed E-state index contributed by atoms with van der Waals surface area (Å²) in [4.78, 5) is 22.9. The third-order valence-corrected chi connectivity index (χ3v) is 20.6. The van der Waals surface area contributed by atoms with Gasteiger partial charge in [-0.25, -0.2) is 9.59 Å². The van der Waals surface area contributed by atoms with Crippen LogP contribution in [0.5, 0.6) is 0 Å². The molecule has 0 saturated heterocycles. The minimum Gasteiger partial charge on any atom is -0.462 e. The maximum Gasteiger partial charge on any atom is 0.522 e. The molecule has 0 aromatic rings. The summed E-state index contributed by atoms with van der Waals surface area (Å²) in [5, 5.41) is 0. The third-order valence-electron chi connectivity index (χ3n) is 5.26. The van der Waals surface area contributed by atoms with Crippen molar-refractivity contribution in [3.05, 3.63) is 24.3 Å². The number of ether oxygens (including phenoxy) is 2. The van der Waals surface area contributed by atoms with E-state index >= 15 is 0 Å². The standard InChI is InChI=1S/C23H48O7Si4.CHF3O3S/c1-20(2)22(24)26-16-12-14-18-32(6,7)28-31(5)29-34(10,11)30-33(8,9)19-15-13-17-27-23(25)21(3)4;2-1(3,4)8(5,6)7/h31H,1,3,12-19H2,2,4-11H3;(H,5,6,7). The molecule has 0 spiro atoms. The normalized spacial score (nSPS) is 13.5. The van der Waals surface area contributed by atoms with Crippen LogP contribution >= 0.6 is 0 Å². The fourth-order valence-electron chi connectivity index (χ4n) is 3.55. The van der Waals surface area contributed by atoms with Crippen molar-refractivity contribution in [1.29, 1.82) is 0 Å². The number of esters is 2. The Morgan fingerprint density at radius 2 is 1.14 bits per heavy atom. The number of hydrogen-bond acceptors (Lipinski definition) is 9. The predicted octanol–water partition coefficient (Wildman–Crippen LogP) is 6.19. The first-order valence-electron chi connectivity index (χ1n) is 13.5. The summed E-state index contributed by atoms with van der Waals surface area (Å²) in [6.45, 7) is 26.5. The lowest BCUT2D eigenvalue weighted by Gasteiger charge is -2.37. The fraction of sp³-hybridized carbons (Fsp3) is 0.750. The van der Waals surface area contributed by atoms with Crippen LogP contribution in [0, 0.1) is 0 Å². The first kappa shape index (κ1) is 43.0. The van der Waals surface area contributed by atoms with Gasteiger partial charge in [0.15, 0.2) is 16.6 Å². The molecule has 0 aromatic heterocycles. The van der Waals surface area contributed by atoms with Crippen molar-refractivity contribution >= 4 is 56.5 Å². The summed E-state index contributed by atoms with van der Waals surface area (Å²) in [6, 6.07) is 1.99. The molecule has 0 aromatic carbocycles. The molecule has 1 N–H and O–H groups in total. The summed E-state index contributed by atoms with van der Waals surface area (Å²) in [7, 11) is -13.7. The van der Waals surface area contributed by atoms with Crippen LogP contribution in [0.25, 0.3) is 0 Å². The van der Waals surface area contributed by atoms with E-state index in [1.165, 1.54) is 0 Å². The fourth-order valence-corrected chi connectivity index (χ4v) is 20.0. The third kappa shape index (κ3) is 22.4. The van der Waals surface area contributed by atoms with Crippen LogP contribution in [0.2, 0.25) is 57.9 Å². The topological polar surface area (TPSA) is 135 Å². The number of unbranched alkanes of at least 4 members (excludes halogenated alkanes) is 2. The molecule has 0 heterocycles. The van der Waals surface area contributed by atoms with E-state index < -0.39 is 50.1 Å². The lowest BCUT2D eigenvalue weighted by molar-refractivity contribution is -0.139. The van der Waals surface area contributed by atoms with Gasteiger partial charge < -0.3 is 21.8 Å². The highest BCUT2D eigenvalue weighted by Gasteiger charge is 2.44. The van der Waals surface area contributed by atoms with Gasteiger partial charge in [-0.3, -0.25) is 4.55 Å². The molecule has 0 saturated carbocycles. The lowest BCUT2D eigenvalue weighted by Crippen LogP contribution is -2.51. The van der Waals surface area contributed by atoms with Crippen LogP contribution in [-0.4, -0.2) is 78.1 Å². The van der Waals surface area contributed by atoms with Crippen LogP contribution in [0.1, 0.15) is 39.5 Å². The summed E-state index contributed by atoms with van der Waals surface area (Å²) in [5.74, 6) is -0.654. The van der Waals surface area contributed by atoms with E-state index in [1.807, 2.05) is 0 Å². The summed E-state index contributed by atoms with van der Waals surface area (Å²) in [6.07, 6.45) is 3.56. The van der Waals surface area contributed by atoms with Crippen molar-refractivity contribution in [1.82, 2.24) is 0 Å². The average molecular weight is 699 g/mol. The average Bonchev–Trinajstić information content (AvgIpc) is 2.75. The number of rotatable bonds is 18. The molecule has 0 aliphatic carbocycles. The van der Waals surface area contributed by atoms with E-state index in [9.17, 15) is 22.8 Å². The second-order valence-electron chi connectivity index (χ2n) is 11.5. The highest BCUT2D eigenvalue weighted by Crippen LogP contribution is 2.24. The lowest BCUT2D eigenvalue weighted by atomic mass is 10.3. The van der Waals surface area contributed by atoms with Gasteiger partial charge in [0.05, 0.1) is 13.2 Å². The molecule has 0 aliphatic heterocycles.